The van der Waals surface area contributed by atoms with Crippen molar-refractivity contribution in [3.63, 3.8) is 0 Å². The van der Waals surface area contributed by atoms with E-state index in [1.165, 1.54) is 18.2 Å². The molecular weight excluding hydrogens is 470 g/mol. The van der Waals surface area contributed by atoms with Crippen molar-refractivity contribution in [2.45, 2.75) is 6.92 Å². The van der Waals surface area contributed by atoms with Gasteiger partial charge in [-0.1, -0.05) is 48.0 Å². The number of anilines is 2. The summed E-state index contributed by atoms with van der Waals surface area (Å²) in [5, 5.41) is 5.24. The standard InChI is InChI=1S/C26H20ClN3O5/c1-16-6-4-9-19(12-16)28-23(31)15-35-22-11-3-2-7-17(22)13-21-24(32)29-26(34)30(25(21)33)20-10-5-8-18(27)14-20/h2-14H,15H2,1H3,(H,28,31)(H,29,32,34)/b21-13+. The number of barbiturate groups is 1. The minimum Gasteiger partial charge on any atom is -0.483 e. The largest absolute Gasteiger partial charge is 0.483 e. The van der Waals surface area contributed by atoms with Gasteiger partial charge in [0.1, 0.15) is 11.3 Å². The third-order valence-corrected chi connectivity index (χ3v) is 5.28. The summed E-state index contributed by atoms with van der Waals surface area (Å²) >= 11 is 5.99. The molecule has 0 spiro atoms. The Hall–Kier alpha value is -4.43. The first kappa shape index (κ1) is 23.7. The molecular formula is C26H20ClN3O5. The Balaban J connectivity index is 1.55. The smallest absolute Gasteiger partial charge is 0.335 e. The molecule has 1 aliphatic rings. The molecule has 3 aromatic rings. The van der Waals surface area contributed by atoms with Gasteiger partial charge in [-0.3, -0.25) is 19.7 Å². The maximum Gasteiger partial charge on any atom is 0.335 e. The summed E-state index contributed by atoms with van der Waals surface area (Å²) in [5.41, 5.74) is 1.97. The van der Waals surface area contributed by atoms with Gasteiger partial charge in [-0.05, 0) is 55.0 Å². The highest BCUT2D eigenvalue weighted by molar-refractivity contribution is 6.39. The third-order valence-electron chi connectivity index (χ3n) is 5.05. The van der Waals surface area contributed by atoms with Crippen molar-refractivity contribution in [1.29, 1.82) is 0 Å². The molecule has 0 unspecified atom stereocenters. The number of imide groups is 2. The lowest BCUT2D eigenvalue weighted by Crippen LogP contribution is -2.54. The maximum absolute atomic E-state index is 13.1. The Morgan fingerprint density at radius 1 is 1.03 bits per heavy atom. The summed E-state index contributed by atoms with van der Waals surface area (Å²) in [4.78, 5) is 51.1. The fraction of sp³-hybridized carbons (Fsp3) is 0.0769. The minimum atomic E-state index is -0.878. The highest BCUT2D eigenvalue weighted by atomic mass is 35.5. The van der Waals surface area contributed by atoms with Crippen molar-refractivity contribution >= 4 is 52.8 Å². The molecule has 9 heteroatoms. The number of halogens is 1. The number of ether oxygens (including phenoxy) is 1. The van der Waals surface area contributed by atoms with Gasteiger partial charge in [0, 0.05) is 16.3 Å². The summed E-state index contributed by atoms with van der Waals surface area (Å²) in [6.45, 7) is 1.63. The van der Waals surface area contributed by atoms with Crippen molar-refractivity contribution < 1.29 is 23.9 Å². The van der Waals surface area contributed by atoms with Crippen LogP contribution in [0.5, 0.6) is 5.75 Å². The molecule has 3 aromatic carbocycles. The lowest BCUT2D eigenvalue weighted by atomic mass is 10.1. The van der Waals surface area contributed by atoms with Crippen molar-refractivity contribution in [3.8, 4) is 5.75 Å². The summed E-state index contributed by atoms with van der Waals surface area (Å²) in [7, 11) is 0. The van der Waals surface area contributed by atoms with E-state index in [1.807, 2.05) is 25.1 Å². The van der Waals surface area contributed by atoms with Crippen LogP contribution in [0.3, 0.4) is 0 Å². The zero-order valence-corrected chi connectivity index (χ0v) is 19.3. The fourth-order valence-corrected chi connectivity index (χ4v) is 3.64. The number of carbonyl (C=O) groups excluding carboxylic acids is 4. The average Bonchev–Trinajstić information content (AvgIpc) is 2.81. The second-order valence-corrected chi connectivity index (χ2v) is 8.12. The normalized spacial score (nSPS) is 14.6. The number of urea groups is 1. The molecule has 1 aliphatic heterocycles. The molecule has 0 atom stereocenters. The molecule has 0 radical (unpaired) electrons. The second-order valence-electron chi connectivity index (χ2n) is 7.68. The van der Waals surface area contributed by atoms with Crippen LogP contribution < -0.4 is 20.3 Å². The number of hydrogen-bond donors (Lipinski definition) is 2. The molecule has 1 heterocycles. The van der Waals surface area contributed by atoms with E-state index in [1.54, 1.807) is 42.5 Å². The zero-order valence-electron chi connectivity index (χ0n) is 18.6. The van der Waals surface area contributed by atoms with Gasteiger partial charge in [0.25, 0.3) is 17.7 Å². The summed E-state index contributed by atoms with van der Waals surface area (Å²) < 4.78 is 5.66. The molecule has 5 amide bonds. The van der Waals surface area contributed by atoms with Gasteiger partial charge in [-0.2, -0.15) is 0 Å². The van der Waals surface area contributed by atoms with Gasteiger partial charge in [-0.15, -0.1) is 0 Å². The minimum absolute atomic E-state index is 0.218. The van der Waals surface area contributed by atoms with Gasteiger partial charge in [-0.25, -0.2) is 9.69 Å². The van der Waals surface area contributed by atoms with E-state index in [4.69, 9.17) is 16.3 Å². The first-order valence-corrected chi connectivity index (χ1v) is 10.9. The van der Waals surface area contributed by atoms with Crippen molar-refractivity contribution in [2.24, 2.45) is 0 Å². The number of amides is 5. The number of hydrogen-bond acceptors (Lipinski definition) is 5. The van der Waals surface area contributed by atoms with Crippen LogP contribution in [0.15, 0.2) is 78.4 Å². The van der Waals surface area contributed by atoms with Gasteiger partial charge in [0.2, 0.25) is 0 Å². The number of aryl methyl sites for hydroxylation is 1. The van der Waals surface area contributed by atoms with E-state index in [0.29, 0.717) is 16.3 Å². The van der Waals surface area contributed by atoms with E-state index >= 15 is 0 Å². The van der Waals surface area contributed by atoms with Gasteiger partial charge >= 0.3 is 6.03 Å². The molecule has 0 aromatic heterocycles. The Labute approximate surface area is 206 Å². The number of nitrogens with zero attached hydrogens (tertiary/aromatic N) is 1. The van der Waals surface area contributed by atoms with Crippen LogP contribution in [0.2, 0.25) is 5.02 Å². The van der Waals surface area contributed by atoms with Gasteiger partial charge in [0.15, 0.2) is 6.61 Å². The second kappa shape index (κ2) is 10.2. The number of benzene rings is 3. The summed E-state index contributed by atoms with van der Waals surface area (Å²) in [5.74, 6) is -1.74. The van der Waals surface area contributed by atoms with Crippen LogP contribution in [0.25, 0.3) is 6.08 Å². The van der Waals surface area contributed by atoms with Crippen molar-refractivity contribution in [1.82, 2.24) is 5.32 Å². The molecule has 1 fully saturated rings. The number of para-hydroxylation sites is 1. The fourth-order valence-electron chi connectivity index (χ4n) is 3.46. The van der Waals surface area contributed by atoms with Crippen LogP contribution in [0.1, 0.15) is 11.1 Å². The molecule has 1 saturated heterocycles. The van der Waals surface area contributed by atoms with E-state index in [0.717, 1.165) is 10.5 Å². The van der Waals surface area contributed by atoms with Crippen LogP contribution in [0, 0.1) is 6.92 Å². The number of rotatable bonds is 6. The zero-order chi connectivity index (χ0) is 24.9. The van der Waals surface area contributed by atoms with E-state index in [2.05, 4.69) is 10.6 Å². The maximum atomic E-state index is 13.1. The number of carbonyl (C=O) groups is 4. The first-order valence-electron chi connectivity index (χ1n) is 10.6. The van der Waals surface area contributed by atoms with Crippen LogP contribution in [-0.4, -0.2) is 30.4 Å². The Kier molecular flexibility index (Phi) is 6.93. The monoisotopic (exact) mass is 489 g/mol. The first-order chi connectivity index (χ1) is 16.8. The molecule has 8 nitrogen and oxygen atoms in total. The van der Waals surface area contributed by atoms with E-state index in [9.17, 15) is 19.2 Å². The van der Waals surface area contributed by atoms with E-state index in [-0.39, 0.29) is 29.5 Å². The molecule has 35 heavy (non-hydrogen) atoms. The lowest BCUT2D eigenvalue weighted by Gasteiger charge is -2.26. The van der Waals surface area contributed by atoms with Gasteiger partial charge < -0.3 is 10.1 Å². The highest BCUT2D eigenvalue weighted by Crippen LogP contribution is 2.27. The quantitative estimate of drug-likeness (QED) is 0.396. The molecule has 0 bridgehead atoms. The number of nitrogens with one attached hydrogen (secondary N) is 2. The Bertz CT molecular complexity index is 1370. The van der Waals surface area contributed by atoms with Gasteiger partial charge in [0.05, 0.1) is 5.69 Å². The van der Waals surface area contributed by atoms with E-state index < -0.39 is 17.8 Å². The summed E-state index contributed by atoms with van der Waals surface area (Å²) in [6, 6.07) is 19.2. The van der Waals surface area contributed by atoms with Crippen molar-refractivity contribution in [2.75, 3.05) is 16.8 Å². The Morgan fingerprint density at radius 2 is 1.80 bits per heavy atom. The Morgan fingerprint density at radius 3 is 2.57 bits per heavy atom. The molecule has 0 saturated carbocycles. The molecule has 176 valence electrons. The highest BCUT2D eigenvalue weighted by Gasteiger charge is 2.37. The van der Waals surface area contributed by atoms with Crippen molar-refractivity contribution in [3.05, 3.63) is 94.5 Å². The lowest BCUT2D eigenvalue weighted by molar-refractivity contribution is -0.122. The average molecular weight is 490 g/mol. The summed E-state index contributed by atoms with van der Waals surface area (Å²) in [6.07, 6.45) is 1.31. The van der Waals surface area contributed by atoms with Crippen LogP contribution in [0.4, 0.5) is 16.2 Å². The predicted octanol–water partition coefficient (Wildman–Crippen LogP) is 4.33. The molecule has 2 N–H and O–H groups in total. The molecule has 4 rings (SSSR count). The third kappa shape index (κ3) is 5.56. The predicted molar refractivity (Wildman–Crippen MR) is 132 cm³/mol. The van der Waals surface area contributed by atoms with Crippen LogP contribution >= 0.6 is 11.6 Å². The SMILES string of the molecule is Cc1cccc(NC(=O)COc2ccccc2/C=C2\C(=O)NC(=O)N(c3cccc(Cl)c3)C2=O)c1. The molecule has 0 aliphatic carbocycles. The topological polar surface area (TPSA) is 105 Å². The van der Waals surface area contributed by atoms with Crippen LogP contribution in [-0.2, 0) is 14.4 Å².